The molecule has 7 amide bonds. The molecule has 0 aliphatic heterocycles. The summed E-state index contributed by atoms with van der Waals surface area (Å²) in [6.45, 7) is 11.0. The van der Waals surface area contributed by atoms with Crippen LogP contribution in [0.5, 0.6) is 0 Å². The Balaban J connectivity index is 3.93. The van der Waals surface area contributed by atoms with Gasteiger partial charge in [0.2, 0.25) is 41.4 Å². The Labute approximate surface area is 377 Å². The van der Waals surface area contributed by atoms with Crippen LogP contribution in [0.3, 0.4) is 0 Å². The van der Waals surface area contributed by atoms with Gasteiger partial charge in [0.15, 0.2) is 0 Å². The van der Waals surface area contributed by atoms with E-state index in [1.54, 1.807) is 7.11 Å². The maximum absolute atomic E-state index is 12.6. The molecule has 0 saturated carbocycles. The summed E-state index contributed by atoms with van der Waals surface area (Å²) in [5.74, 6) is -4.19. The molecule has 24 nitrogen and oxygen atoms in total. The van der Waals surface area contributed by atoms with Gasteiger partial charge in [0.25, 0.3) is 0 Å². The Morgan fingerprint density at radius 3 is 1.28 bits per heavy atom. The zero-order chi connectivity index (χ0) is 48.2. The predicted octanol–water partition coefficient (Wildman–Crippen LogP) is -3.58. The van der Waals surface area contributed by atoms with Gasteiger partial charge >= 0.3 is 0 Å². The number of methoxy groups -OCH3 is 2. The van der Waals surface area contributed by atoms with Crippen LogP contribution >= 0.6 is 0 Å². The highest BCUT2D eigenvalue weighted by Crippen LogP contribution is 2.12. The molecule has 0 rings (SSSR count). The lowest BCUT2D eigenvalue weighted by atomic mass is 9.99. The highest BCUT2D eigenvalue weighted by atomic mass is 16.6. The number of ether oxygens (including phenoxy) is 10. The summed E-state index contributed by atoms with van der Waals surface area (Å²) >= 11 is 0. The molecule has 0 aromatic rings. The van der Waals surface area contributed by atoms with Crippen molar-refractivity contribution in [2.75, 3.05) is 172 Å². The largest absolute Gasteiger partial charge is 0.382 e. The summed E-state index contributed by atoms with van der Waals surface area (Å²) in [7, 11) is 1.17. The van der Waals surface area contributed by atoms with Crippen LogP contribution in [0.4, 0.5) is 0 Å². The fraction of sp³-hybridized carbons (Fsp3) is 0.825. The number of amides is 7. The molecular weight excluding hydrogens is 850 g/mol. The molecule has 0 aromatic carbocycles. The van der Waals surface area contributed by atoms with Crippen LogP contribution < -0.4 is 37.2 Å². The molecule has 0 heterocycles. The molecule has 0 aromatic heterocycles. The van der Waals surface area contributed by atoms with Gasteiger partial charge in [0, 0.05) is 40.1 Å². The first-order valence-electron chi connectivity index (χ1n) is 21.9. The van der Waals surface area contributed by atoms with Crippen LogP contribution in [0.1, 0.15) is 35.0 Å². The maximum Gasteiger partial charge on any atom is 0.245 e. The van der Waals surface area contributed by atoms with Gasteiger partial charge < -0.3 is 84.6 Å². The zero-order valence-corrected chi connectivity index (χ0v) is 38.1. The minimum Gasteiger partial charge on any atom is -0.382 e. The lowest BCUT2D eigenvalue weighted by Crippen LogP contribution is -2.52. The van der Waals surface area contributed by atoms with Crippen molar-refractivity contribution < 1.29 is 82.3 Å². The van der Waals surface area contributed by atoms with Crippen molar-refractivity contribution in [3.63, 3.8) is 0 Å². The van der Waals surface area contributed by atoms with Crippen molar-refractivity contribution in [1.82, 2.24) is 37.2 Å². The molecular formula is C40H75N7O17. The van der Waals surface area contributed by atoms with E-state index in [-0.39, 0.29) is 63.7 Å². The monoisotopic (exact) mass is 927 g/mol. The van der Waals surface area contributed by atoms with E-state index in [9.17, 15) is 33.6 Å². The molecule has 0 radical (unpaired) electrons. The van der Waals surface area contributed by atoms with Gasteiger partial charge in [-0.3, -0.25) is 33.6 Å². The molecule has 0 saturated heterocycles. The van der Waals surface area contributed by atoms with E-state index in [0.717, 1.165) is 0 Å². The van der Waals surface area contributed by atoms with Crippen molar-refractivity contribution >= 4 is 41.4 Å². The lowest BCUT2D eigenvalue weighted by molar-refractivity contribution is -0.131. The first-order valence-corrected chi connectivity index (χ1v) is 21.2. The number of rotatable bonds is 43. The number of carbonyl (C=O) groups excluding carboxylic acids is 7. The van der Waals surface area contributed by atoms with Gasteiger partial charge in [-0.15, -0.1) is 0 Å². The summed E-state index contributed by atoms with van der Waals surface area (Å²) < 4.78 is 60.4. The van der Waals surface area contributed by atoms with Crippen molar-refractivity contribution in [2.45, 2.75) is 39.7 Å². The minimum absolute atomic E-state index is 0.0111. The lowest BCUT2D eigenvalue weighted by Gasteiger charge is -2.18. The van der Waals surface area contributed by atoms with Gasteiger partial charge in [-0.25, -0.2) is 0 Å². The fourth-order valence-electron chi connectivity index (χ4n) is 4.42. The third kappa shape index (κ3) is 41.9. The van der Waals surface area contributed by atoms with Gasteiger partial charge in [0.05, 0.1) is 146 Å². The first kappa shape index (κ1) is 57.9. The summed E-state index contributed by atoms with van der Waals surface area (Å²) in [6.07, 6.45) is 0.0970. The molecule has 0 aliphatic carbocycles. The molecule has 0 fully saturated rings. The fourth-order valence-corrected chi connectivity index (χ4v) is 4.42. The standard InChI is InChI=1S/C40H75N7O17/c1-40(2,3)31-64-10-7-34(49)41-8-6-33(48)43-26-35(50)44-27-36(51)45-28-37(52)46-29-38(53)47-32(30-56-5)39(54)42-9-11-57-14-15-59-18-19-61-22-23-63-25-24-62-21-20-60-17-16-58-13-12-55-4/h32H,6-31H2,1-5H3,(H,41,49)(H,42,54)(H,43,48)(H,44,50)(H,45,51)(H,46,52)(H,47,53)/i5D. The maximum atomic E-state index is 12.6. The Hall–Kier alpha value is -4.11. The smallest absolute Gasteiger partial charge is 0.245 e. The molecule has 7 N–H and O–H groups in total. The van der Waals surface area contributed by atoms with Crippen molar-refractivity contribution in [1.29, 1.82) is 0 Å². The molecule has 0 spiro atoms. The zero-order valence-electron chi connectivity index (χ0n) is 39.1. The van der Waals surface area contributed by atoms with Crippen LogP contribution in [0.2, 0.25) is 0 Å². The van der Waals surface area contributed by atoms with Crippen molar-refractivity contribution in [3.05, 3.63) is 0 Å². The summed E-state index contributed by atoms with van der Waals surface area (Å²) in [5.41, 5.74) is -0.0111. The Bertz CT molecular complexity index is 1300. The van der Waals surface area contributed by atoms with Gasteiger partial charge in [-0.05, 0) is 5.41 Å². The van der Waals surface area contributed by atoms with Gasteiger partial charge in [-0.1, -0.05) is 20.8 Å². The van der Waals surface area contributed by atoms with E-state index in [4.69, 9.17) is 48.7 Å². The number of hydrogen-bond donors (Lipinski definition) is 7. The molecule has 372 valence electrons. The number of carbonyl (C=O) groups is 7. The summed E-state index contributed by atoms with van der Waals surface area (Å²) in [6, 6.07) is -1.16. The third-order valence-corrected chi connectivity index (χ3v) is 7.61. The SMILES string of the molecule is [2H]COCC(NC(=O)CNC(=O)CNC(=O)CNC(=O)CNC(=O)CCNC(=O)CCOCC(C)(C)C)C(=O)NCCOCCOCCOCCOCCOCCOCCOCCOC. The Kier molecular flexibility index (Phi) is 37.6. The van der Waals surface area contributed by atoms with Crippen LogP contribution in [0.25, 0.3) is 0 Å². The average molecular weight is 927 g/mol. The Morgan fingerprint density at radius 2 is 0.844 bits per heavy atom. The quantitative estimate of drug-likeness (QED) is 0.0291. The van der Waals surface area contributed by atoms with E-state index >= 15 is 0 Å². The van der Waals surface area contributed by atoms with Crippen molar-refractivity contribution in [2.24, 2.45) is 5.41 Å². The second-order valence-corrected chi connectivity index (χ2v) is 14.6. The second-order valence-electron chi connectivity index (χ2n) is 14.6. The summed E-state index contributed by atoms with van der Waals surface area (Å²) in [5, 5.41) is 16.8. The third-order valence-electron chi connectivity index (χ3n) is 7.61. The molecule has 1 unspecified atom stereocenters. The highest BCUT2D eigenvalue weighted by Gasteiger charge is 2.21. The van der Waals surface area contributed by atoms with E-state index in [1.807, 2.05) is 20.8 Å². The molecule has 24 heteroatoms. The minimum atomic E-state index is -1.16. The molecule has 1 atom stereocenters. The number of hydrogen-bond acceptors (Lipinski definition) is 17. The van der Waals surface area contributed by atoms with Gasteiger partial charge in [-0.2, -0.15) is 0 Å². The topological polar surface area (TPSA) is 296 Å². The van der Waals surface area contributed by atoms with E-state index in [2.05, 4.69) is 37.2 Å². The average Bonchev–Trinajstić information content (AvgIpc) is 3.27. The van der Waals surface area contributed by atoms with Crippen LogP contribution in [0.15, 0.2) is 0 Å². The first-order chi connectivity index (χ1) is 31.3. The van der Waals surface area contributed by atoms with E-state index < -0.39 is 74.7 Å². The van der Waals surface area contributed by atoms with Crippen LogP contribution in [0, 0.1) is 5.41 Å². The normalized spacial score (nSPS) is 11.8. The highest BCUT2D eigenvalue weighted by molar-refractivity contribution is 5.92. The van der Waals surface area contributed by atoms with E-state index in [1.165, 1.54) is 0 Å². The van der Waals surface area contributed by atoms with Crippen LogP contribution in [-0.4, -0.2) is 220 Å². The second kappa shape index (κ2) is 41.6. The van der Waals surface area contributed by atoms with Crippen molar-refractivity contribution in [3.8, 4) is 0 Å². The number of nitrogens with one attached hydrogen (secondary N) is 7. The molecule has 64 heavy (non-hydrogen) atoms. The predicted molar refractivity (Wildman–Crippen MR) is 229 cm³/mol. The van der Waals surface area contributed by atoms with Crippen LogP contribution in [-0.2, 0) is 80.9 Å². The van der Waals surface area contributed by atoms with E-state index in [0.29, 0.717) is 92.5 Å². The van der Waals surface area contributed by atoms with Gasteiger partial charge in [0.1, 0.15) is 6.04 Å². The summed E-state index contributed by atoms with van der Waals surface area (Å²) in [4.78, 5) is 85.1. The molecule has 0 bridgehead atoms. The Morgan fingerprint density at radius 1 is 0.438 bits per heavy atom. The molecule has 0 aliphatic rings.